The van der Waals surface area contributed by atoms with Crippen molar-refractivity contribution >= 4 is 55.1 Å². The fraction of sp³-hybridized carbons (Fsp3) is 0.212. The quantitative estimate of drug-likeness (QED) is 0.188. The molecule has 0 unspecified atom stereocenters. The van der Waals surface area contributed by atoms with Crippen molar-refractivity contribution < 1.29 is 18.0 Å². The topological polar surface area (TPSA) is 86.8 Å². The summed E-state index contributed by atoms with van der Waals surface area (Å²) in [6, 6.07) is 28.7. The molecule has 4 aromatic rings. The summed E-state index contributed by atoms with van der Waals surface area (Å²) >= 11 is 9.56. The molecule has 0 radical (unpaired) electrons. The second-order valence-corrected chi connectivity index (χ2v) is 13.3. The van der Waals surface area contributed by atoms with Crippen LogP contribution in [0.3, 0.4) is 0 Å². The molecular formula is C33H33BrClN3O4S. The monoisotopic (exact) mass is 681 g/mol. The van der Waals surface area contributed by atoms with E-state index >= 15 is 0 Å². The Kier molecular flexibility index (Phi) is 11.0. The highest BCUT2D eigenvalue weighted by Crippen LogP contribution is 2.27. The van der Waals surface area contributed by atoms with E-state index in [1.54, 1.807) is 36.4 Å². The fourth-order valence-electron chi connectivity index (χ4n) is 4.61. The lowest BCUT2D eigenvalue weighted by molar-refractivity contribution is -0.140. The molecule has 0 saturated carbocycles. The number of benzene rings is 4. The maximum absolute atomic E-state index is 14.3. The van der Waals surface area contributed by atoms with Gasteiger partial charge in [-0.2, -0.15) is 0 Å². The van der Waals surface area contributed by atoms with E-state index in [4.69, 9.17) is 11.6 Å². The number of sulfonamides is 1. The number of carbonyl (C=O) groups is 2. The Morgan fingerprint density at radius 3 is 2.09 bits per heavy atom. The van der Waals surface area contributed by atoms with Crippen molar-refractivity contribution in [3.05, 3.63) is 129 Å². The van der Waals surface area contributed by atoms with E-state index in [9.17, 15) is 18.0 Å². The molecule has 7 nitrogen and oxygen atoms in total. The molecule has 4 rings (SSSR count). The van der Waals surface area contributed by atoms with Crippen LogP contribution in [0.1, 0.15) is 23.6 Å². The Morgan fingerprint density at radius 1 is 0.860 bits per heavy atom. The minimum atomic E-state index is -4.17. The molecule has 2 amide bonds. The summed E-state index contributed by atoms with van der Waals surface area (Å²) < 4.78 is 30.0. The molecule has 0 heterocycles. The first-order valence-electron chi connectivity index (χ1n) is 13.8. The molecule has 0 spiro atoms. The SMILES string of the molecule is CCNC(=O)[C@@H](Cc1ccccc1)N(Cc1ccc(Br)cc1)C(=O)CN(c1ccc(Cl)cc1)S(=O)(=O)c1ccc(C)cc1. The van der Waals surface area contributed by atoms with E-state index < -0.39 is 28.5 Å². The van der Waals surface area contributed by atoms with Crippen molar-refractivity contribution in [2.75, 3.05) is 17.4 Å². The highest BCUT2D eigenvalue weighted by Gasteiger charge is 2.34. The Balaban J connectivity index is 1.78. The van der Waals surface area contributed by atoms with Crippen LogP contribution in [-0.2, 0) is 32.6 Å². The number of rotatable bonds is 12. The summed E-state index contributed by atoms with van der Waals surface area (Å²) in [6.45, 7) is 3.63. The fourth-order valence-corrected chi connectivity index (χ4v) is 6.41. The van der Waals surface area contributed by atoms with Crippen LogP contribution in [0.4, 0.5) is 5.69 Å². The average molecular weight is 683 g/mol. The van der Waals surface area contributed by atoms with Gasteiger partial charge in [0.15, 0.2) is 0 Å². The van der Waals surface area contributed by atoms with Crippen LogP contribution in [0.2, 0.25) is 5.02 Å². The highest BCUT2D eigenvalue weighted by molar-refractivity contribution is 9.10. The lowest BCUT2D eigenvalue weighted by atomic mass is 10.0. The normalized spacial score (nSPS) is 11.9. The minimum Gasteiger partial charge on any atom is -0.355 e. The molecule has 4 aromatic carbocycles. The number of anilines is 1. The number of likely N-dealkylation sites (N-methyl/N-ethyl adjacent to an activating group) is 1. The predicted molar refractivity (Wildman–Crippen MR) is 174 cm³/mol. The lowest BCUT2D eigenvalue weighted by Gasteiger charge is -2.33. The van der Waals surface area contributed by atoms with Gasteiger partial charge in [-0.25, -0.2) is 8.42 Å². The third-order valence-corrected chi connectivity index (χ3v) is 9.46. The number of carbonyl (C=O) groups excluding carboxylic acids is 2. The van der Waals surface area contributed by atoms with Crippen molar-refractivity contribution in [2.24, 2.45) is 0 Å². The third-order valence-electron chi connectivity index (χ3n) is 6.89. The van der Waals surface area contributed by atoms with E-state index in [0.29, 0.717) is 11.6 Å². The first-order chi connectivity index (χ1) is 20.6. The number of aryl methyl sites for hydroxylation is 1. The number of hydrogen-bond acceptors (Lipinski definition) is 4. The Morgan fingerprint density at radius 2 is 1.49 bits per heavy atom. The van der Waals surface area contributed by atoms with Crippen LogP contribution in [-0.4, -0.2) is 44.3 Å². The van der Waals surface area contributed by atoms with Crippen LogP contribution in [0.5, 0.6) is 0 Å². The molecule has 224 valence electrons. The third kappa shape index (κ3) is 8.46. The summed E-state index contributed by atoms with van der Waals surface area (Å²) in [5.74, 6) is -0.850. The van der Waals surface area contributed by atoms with Crippen LogP contribution >= 0.6 is 27.5 Å². The molecule has 0 saturated heterocycles. The van der Waals surface area contributed by atoms with Gasteiger partial charge in [0.25, 0.3) is 10.0 Å². The molecule has 0 aliphatic carbocycles. The minimum absolute atomic E-state index is 0.0462. The van der Waals surface area contributed by atoms with E-state index in [1.165, 1.54) is 17.0 Å². The molecule has 0 fully saturated rings. The smallest absolute Gasteiger partial charge is 0.264 e. The van der Waals surface area contributed by atoms with Gasteiger partial charge in [0.05, 0.1) is 10.6 Å². The van der Waals surface area contributed by atoms with Crippen LogP contribution < -0.4 is 9.62 Å². The Hall–Kier alpha value is -3.66. The first-order valence-corrected chi connectivity index (χ1v) is 16.4. The summed E-state index contributed by atoms with van der Waals surface area (Å²) in [4.78, 5) is 29.4. The average Bonchev–Trinajstić information content (AvgIpc) is 3.00. The standard InChI is InChI=1S/C33H33BrClN3O4S/c1-3-36-33(40)31(21-25-7-5-4-6-8-25)37(22-26-11-13-27(34)14-12-26)32(39)23-38(29-17-15-28(35)16-18-29)43(41,42)30-19-9-24(2)10-20-30/h4-20,31H,3,21-23H2,1-2H3,(H,36,40)/t31-/m1/s1. The van der Waals surface area contributed by atoms with Gasteiger partial charge in [-0.3, -0.25) is 13.9 Å². The number of hydrogen-bond donors (Lipinski definition) is 1. The van der Waals surface area contributed by atoms with Gasteiger partial charge in [-0.1, -0.05) is 87.7 Å². The largest absolute Gasteiger partial charge is 0.355 e. The number of nitrogens with zero attached hydrogens (tertiary/aromatic N) is 2. The first kappa shape index (κ1) is 32.3. The van der Waals surface area contributed by atoms with Gasteiger partial charge in [-0.15, -0.1) is 0 Å². The van der Waals surface area contributed by atoms with Crippen LogP contribution in [0.25, 0.3) is 0 Å². The molecule has 0 aliphatic heterocycles. The highest BCUT2D eigenvalue weighted by atomic mass is 79.9. The molecule has 1 atom stereocenters. The molecule has 0 aromatic heterocycles. The summed E-state index contributed by atoms with van der Waals surface area (Å²) in [5, 5.41) is 3.29. The van der Waals surface area contributed by atoms with Crippen molar-refractivity contribution in [3.8, 4) is 0 Å². The van der Waals surface area contributed by atoms with Gasteiger partial charge in [0.2, 0.25) is 11.8 Å². The number of halogens is 2. The lowest BCUT2D eigenvalue weighted by Crippen LogP contribution is -2.53. The molecule has 43 heavy (non-hydrogen) atoms. The zero-order chi connectivity index (χ0) is 31.0. The van der Waals surface area contributed by atoms with E-state index in [1.807, 2.05) is 68.4 Å². The molecule has 10 heteroatoms. The maximum atomic E-state index is 14.3. The van der Waals surface area contributed by atoms with Gasteiger partial charge >= 0.3 is 0 Å². The van der Waals surface area contributed by atoms with Gasteiger partial charge < -0.3 is 10.2 Å². The maximum Gasteiger partial charge on any atom is 0.264 e. The second-order valence-electron chi connectivity index (χ2n) is 10.0. The van der Waals surface area contributed by atoms with Crippen LogP contribution in [0.15, 0.2) is 112 Å². The Labute approximate surface area is 266 Å². The predicted octanol–water partition coefficient (Wildman–Crippen LogP) is 6.38. The van der Waals surface area contributed by atoms with Gasteiger partial charge in [0, 0.05) is 29.0 Å². The molecule has 0 bridgehead atoms. The zero-order valence-electron chi connectivity index (χ0n) is 23.9. The summed E-state index contributed by atoms with van der Waals surface area (Å²) in [7, 11) is -4.17. The Bertz CT molecular complexity index is 1630. The van der Waals surface area contributed by atoms with Gasteiger partial charge in [-0.05, 0) is 73.5 Å². The summed E-state index contributed by atoms with van der Waals surface area (Å²) in [6.07, 6.45) is 0.251. The van der Waals surface area contributed by atoms with E-state index in [2.05, 4.69) is 21.2 Å². The molecule has 0 aliphatic rings. The van der Waals surface area contributed by atoms with Crippen molar-refractivity contribution in [1.29, 1.82) is 0 Å². The zero-order valence-corrected chi connectivity index (χ0v) is 27.1. The summed E-state index contributed by atoms with van der Waals surface area (Å²) in [5.41, 5.74) is 2.84. The van der Waals surface area contributed by atoms with Gasteiger partial charge in [0.1, 0.15) is 12.6 Å². The van der Waals surface area contributed by atoms with Crippen molar-refractivity contribution in [3.63, 3.8) is 0 Å². The van der Waals surface area contributed by atoms with E-state index in [0.717, 1.165) is 25.5 Å². The number of amides is 2. The molecule has 1 N–H and O–H groups in total. The van der Waals surface area contributed by atoms with Crippen molar-refractivity contribution in [1.82, 2.24) is 10.2 Å². The van der Waals surface area contributed by atoms with Crippen LogP contribution in [0, 0.1) is 6.92 Å². The molecular weight excluding hydrogens is 650 g/mol. The number of nitrogens with one attached hydrogen (secondary N) is 1. The van der Waals surface area contributed by atoms with Crippen molar-refractivity contribution in [2.45, 2.75) is 37.8 Å². The second kappa shape index (κ2) is 14.7. The van der Waals surface area contributed by atoms with E-state index in [-0.39, 0.29) is 29.5 Å².